The van der Waals surface area contributed by atoms with Gasteiger partial charge in [-0.15, -0.1) is 0 Å². The number of nitrogens with zero attached hydrogens (tertiary/aromatic N) is 4. The molecule has 0 atom stereocenters. The van der Waals surface area contributed by atoms with E-state index in [-0.39, 0.29) is 6.42 Å². The quantitative estimate of drug-likeness (QED) is 0.706. The fourth-order valence-electron chi connectivity index (χ4n) is 1.49. The lowest BCUT2D eigenvalue weighted by Gasteiger charge is -2.17. The molecule has 4 nitrogen and oxygen atoms in total. The lowest BCUT2D eigenvalue weighted by Crippen LogP contribution is -2.22. The largest absolute Gasteiger partial charge is 0.259 e. The first-order valence-electron chi connectivity index (χ1n) is 4.78. The normalized spacial score (nSPS) is 17.0. The molecule has 1 aliphatic rings. The summed E-state index contributed by atoms with van der Waals surface area (Å²) >= 11 is 0. The summed E-state index contributed by atoms with van der Waals surface area (Å²) in [6, 6.07) is 9.50. The van der Waals surface area contributed by atoms with E-state index >= 15 is 0 Å². The van der Waals surface area contributed by atoms with Crippen molar-refractivity contribution in [2.75, 3.05) is 0 Å². The van der Waals surface area contributed by atoms with E-state index in [1.165, 1.54) is 12.3 Å². The van der Waals surface area contributed by atoms with Gasteiger partial charge in [-0.25, -0.2) is 0 Å². The average molecular weight is 208 g/mol. The Morgan fingerprint density at radius 1 is 1.25 bits per heavy atom. The zero-order valence-corrected chi connectivity index (χ0v) is 8.46. The molecule has 0 N–H and O–H groups in total. The predicted octanol–water partition coefficient (Wildman–Crippen LogP) is 1.82. The van der Waals surface area contributed by atoms with Crippen LogP contribution in [0, 0.1) is 28.1 Å². The standard InChI is InChI=1S/C12H8N4/c13-8-12(9-14)4-6-16-11(7-12)10-3-1-2-5-15-10/h1-6H,7H2. The minimum absolute atomic E-state index is 0.285. The summed E-state index contributed by atoms with van der Waals surface area (Å²) in [5, 5.41) is 18.0. The molecular formula is C12H8N4. The predicted molar refractivity (Wildman–Crippen MR) is 58.2 cm³/mol. The monoisotopic (exact) mass is 208 g/mol. The van der Waals surface area contributed by atoms with Crippen LogP contribution >= 0.6 is 0 Å². The van der Waals surface area contributed by atoms with Crippen molar-refractivity contribution in [3.05, 3.63) is 42.4 Å². The first-order valence-corrected chi connectivity index (χ1v) is 4.78. The molecule has 2 rings (SSSR count). The maximum absolute atomic E-state index is 9.01. The van der Waals surface area contributed by atoms with E-state index in [4.69, 9.17) is 10.5 Å². The summed E-state index contributed by atoms with van der Waals surface area (Å²) in [6.07, 6.45) is 4.98. The molecule has 2 heterocycles. The lowest BCUT2D eigenvalue weighted by atomic mass is 9.83. The van der Waals surface area contributed by atoms with Gasteiger partial charge in [0.1, 0.15) is 0 Å². The minimum Gasteiger partial charge on any atom is -0.259 e. The summed E-state index contributed by atoms with van der Waals surface area (Å²) in [5.74, 6) is 0. The van der Waals surface area contributed by atoms with E-state index in [0.717, 1.165) is 0 Å². The van der Waals surface area contributed by atoms with Crippen molar-refractivity contribution in [1.82, 2.24) is 4.98 Å². The highest BCUT2D eigenvalue weighted by molar-refractivity contribution is 6.00. The molecule has 0 fully saturated rings. The molecule has 16 heavy (non-hydrogen) atoms. The Morgan fingerprint density at radius 2 is 2.06 bits per heavy atom. The summed E-state index contributed by atoms with van der Waals surface area (Å²) in [4.78, 5) is 8.32. The Balaban J connectivity index is 2.36. The van der Waals surface area contributed by atoms with Gasteiger partial charge < -0.3 is 0 Å². The Morgan fingerprint density at radius 3 is 2.69 bits per heavy atom. The van der Waals surface area contributed by atoms with Gasteiger partial charge in [0.25, 0.3) is 0 Å². The average Bonchev–Trinajstić information content (AvgIpc) is 2.40. The number of hydrogen-bond acceptors (Lipinski definition) is 4. The van der Waals surface area contributed by atoms with Crippen molar-refractivity contribution >= 4 is 5.71 Å². The number of hydrogen-bond donors (Lipinski definition) is 0. The molecule has 0 unspecified atom stereocenters. The minimum atomic E-state index is -1.10. The van der Waals surface area contributed by atoms with Gasteiger partial charge in [-0.1, -0.05) is 6.07 Å². The summed E-state index contributed by atoms with van der Waals surface area (Å²) in [5.41, 5.74) is 0.280. The fraction of sp³-hybridized carbons (Fsp3) is 0.167. The number of nitriles is 2. The Hall–Kier alpha value is -2.46. The number of aromatic nitrogens is 1. The van der Waals surface area contributed by atoms with Crippen LogP contribution in [0.2, 0.25) is 0 Å². The van der Waals surface area contributed by atoms with Crippen LogP contribution in [-0.4, -0.2) is 10.7 Å². The van der Waals surface area contributed by atoms with Gasteiger partial charge in [-0.05, 0) is 18.2 Å². The molecule has 0 aromatic carbocycles. The first kappa shape index (κ1) is 10.1. The van der Waals surface area contributed by atoms with Crippen LogP contribution in [0.15, 0.2) is 41.7 Å². The number of aliphatic imine (C=N–C) groups is 1. The third-order valence-electron chi connectivity index (χ3n) is 2.40. The summed E-state index contributed by atoms with van der Waals surface area (Å²) in [6.45, 7) is 0. The van der Waals surface area contributed by atoms with Gasteiger partial charge in [-0.2, -0.15) is 10.5 Å². The second-order valence-electron chi connectivity index (χ2n) is 3.48. The van der Waals surface area contributed by atoms with Crippen LogP contribution in [0.25, 0.3) is 0 Å². The van der Waals surface area contributed by atoms with Gasteiger partial charge in [-0.3, -0.25) is 9.98 Å². The fourth-order valence-corrected chi connectivity index (χ4v) is 1.49. The van der Waals surface area contributed by atoms with E-state index in [1.54, 1.807) is 6.20 Å². The maximum Gasteiger partial charge on any atom is 0.169 e. The molecule has 1 aliphatic heterocycles. The van der Waals surface area contributed by atoms with E-state index in [9.17, 15) is 0 Å². The van der Waals surface area contributed by atoms with Crippen LogP contribution in [0.5, 0.6) is 0 Å². The molecule has 0 aliphatic carbocycles. The van der Waals surface area contributed by atoms with Crippen molar-refractivity contribution in [3.63, 3.8) is 0 Å². The van der Waals surface area contributed by atoms with E-state index in [2.05, 4.69) is 9.98 Å². The van der Waals surface area contributed by atoms with E-state index in [1.807, 2.05) is 30.3 Å². The van der Waals surface area contributed by atoms with Crippen LogP contribution in [0.4, 0.5) is 0 Å². The molecule has 0 amide bonds. The Kier molecular flexibility index (Phi) is 2.49. The number of allylic oxidation sites excluding steroid dienone is 1. The highest BCUT2D eigenvalue weighted by atomic mass is 14.8. The summed E-state index contributed by atoms with van der Waals surface area (Å²) in [7, 11) is 0. The smallest absolute Gasteiger partial charge is 0.169 e. The molecule has 0 bridgehead atoms. The van der Waals surface area contributed by atoms with Gasteiger partial charge in [0.2, 0.25) is 0 Å². The molecule has 4 heteroatoms. The first-order chi connectivity index (χ1) is 7.79. The van der Waals surface area contributed by atoms with Gasteiger partial charge in [0.05, 0.1) is 23.5 Å². The van der Waals surface area contributed by atoms with Crippen LogP contribution < -0.4 is 0 Å². The van der Waals surface area contributed by atoms with Crippen molar-refractivity contribution in [1.29, 1.82) is 10.5 Å². The van der Waals surface area contributed by atoms with Crippen molar-refractivity contribution in [2.24, 2.45) is 10.4 Å². The third kappa shape index (κ3) is 1.69. The highest BCUT2D eigenvalue weighted by Gasteiger charge is 2.31. The molecule has 0 saturated carbocycles. The molecule has 1 aromatic heterocycles. The van der Waals surface area contributed by atoms with E-state index < -0.39 is 5.41 Å². The zero-order valence-electron chi connectivity index (χ0n) is 8.46. The topological polar surface area (TPSA) is 72.8 Å². The lowest BCUT2D eigenvalue weighted by molar-refractivity contribution is 0.685. The second kappa shape index (κ2) is 3.96. The third-order valence-corrected chi connectivity index (χ3v) is 2.40. The second-order valence-corrected chi connectivity index (χ2v) is 3.48. The molecule has 0 saturated heterocycles. The van der Waals surface area contributed by atoms with E-state index in [0.29, 0.717) is 11.4 Å². The van der Waals surface area contributed by atoms with Crippen LogP contribution in [-0.2, 0) is 0 Å². The Labute approximate surface area is 93.2 Å². The maximum atomic E-state index is 9.01. The Bertz CT molecular complexity index is 514. The number of rotatable bonds is 1. The van der Waals surface area contributed by atoms with Gasteiger partial charge >= 0.3 is 0 Å². The van der Waals surface area contributed by atoms with Crippen LogP contribution in [0.3, 0.4) is 0 Å². The molecular weight excluding hydrogens is 200 g/mol. The summed E-state index contributed by atoms with van der Waals surface area (Å²) < 4.78 is 0. The van der Waals surface area contributed by atoms with Crippen LogP contribution in [0.1, 0.15) is 12.1 Å². The molecule has 0 spiro atoms. The van der Waals surface area contributed by atoms with Gasteiger partial charge in [0, 0.05) is 18.8 Å². The molecule has 0 radical (unpaired) electrons. The highest BCUT2D eigenvalue weighted by Crippen LogP contribution is 2.27. The van der Waals surface area contributed by atoms with Crippen molar-refractivity contribution in [2.45, 2.75) is 6.42 Å². The zero-order chi connectivity index (χ0) is 11.4. The van der Waals surface area contributed by atoms with Crippen molar-refractivity contribution in [3.8, 4) is 12.1 Å². The number of pyridine rings is 1. The SMILES string of the molecule is N#CC1(C#N)C=CN=C(c2ccccn2)C1. The molecule has 1 aromatic rings. The van der Waals surface area contributed by atoms with Crippen molar-refractivity contribution < 1.29 is 0 Å². The van der Waals surface area contributed by atoms with Gasteiger partial charge in [0.15, 0.2) is 5.41 Å². The molecule has 76 valence electrons.